The number of carboxylic acids is 1. The Morgan fingerprint density at radius 3 is 1.00 bits per heavy atom. The maximum Gasteiger partial charge on any atom is 0.306 e. The predicted octanol–water partition coefficient (Wildman–Crippen LogP) is 13.7. The van der Waals surface area contributed by atoms with Gasteiger partial charge in [0.15, 0.2) is 0 Å². The summed E-state index contributed by atoms with van der Waals surface area (Å²) in [7, 11) is 0. The van der Waals surface area contributed by atoms with Crippen LogP contribution in [0, 0.1) is 0 Å². The fourth-order valence-electron chi connectivity index (χ4n) is 6.36. The molecule has 262 valence electrons. The predicted molar refractivity (Wildman–Crippen MR) is 190 cm³/mol. The van der Waals surface area contributed by atoms with E-state index in [0.717, 1.165) is 51.4 Å². The van der Waals surface area contributed by atoms with E-state index in [1.54, 1.807) is 0 Å². The van der Waals surface area contributed by atoms with Crippen molar-refractivity contribution in [1.82, 2.24) is 0 Å². The lowest BCUT2D eigenvalue weighted by Gasteiger charge is -2.18. The van der Waals surface area contributed by atoms with Crippen LogP contribution in [0.3, 0.4) is 0 Å². The minimum atomic E-state index is -0.679. The van der Waals surface area contributed by atoms with Gasteiger partial charge in [-0.05, 0) is 38.5 Å². The first-order chi connectivity index (χ1) is 21.6. The molecule has 0 rings (SSSR count). The summed E-state index contributed by atoms with van der Waals surface area (Å²) in [5.74, 6) is -0.646. The Labute approximate surface area is 275 Å². The van der Waals surface area contributed by atoms with Crippen molar-refractivity contribution in [2.24, 2.45) is 0 Å². The summed E-state index contributed by atoms with van der Waals surface area (Å²) in [5.41, 5.74) is 0. The maximum absolute atomic E-state index is 12.7. The van der Waals surface area contributed by atoms with Crippen LogP contribution in [0.1, 0.15) is 239 Å². The second-order valence-electron chi connectivity index (χ2n) is 13.8. The number of carbonyl (C=O) groups excluding carboxylic acids is 1. The molecule has 0 aliphatic heterocycles. The minimum Gasteiger partial charge on any atom is -0.481 e. The number of ether oxygens (including phenoxy) is 1. The molecule has 0 aliphatic rings. The van der Waals surface area contributed by atoms with Gasteiger partial charge in [-0.1, -0.05) is 187 Å². The van der Waals surface area contributed by atoms with Gasteiger partial charge in [-0.25, -0.2) is 0 Å². The molecule has 0 bridgehead atoms. The number of hydrogen-bond acceptors (Lipinski definition) is 3. The molecule has 0 radical (unpaired) electrons. The van der Waals surface area contributed by atoms with Crippen molar-refractivity contribution in [2.45, 2.75) is 245 Å². The number of esters is 1. The molecule has 4 heteroatoms. The zero-order valence-electron chi connectivity index (χ0n) is 30.0. The third-order valence-corrected chi connectivity index (χ3v) is 9.33. The molecule has 0 saturated heterocycles. The highest BCUT2D eigenvalue weighted by molar-refractivity contribution is 5.69. The van der Waals surface area contributed by atoms with Gasteiger partial charge in [-0.2, -0.15) is 0 Å². The van der Waals surface area contributed by atoms with Gasteiger partial charge in [0.2, 0.25) is 0 Å². The van der Waals surface area contributed by atoms with Crippen LogP contribution in [0.5, 0.6) is 0 Å². The fraction of sp³-hybridized carbons (Fsp3) is 0.950. The highest BCUT2D eigenvalue weighted by Gasteiger charge is 2.14. The number of hydrogen-bond donors (Lipinski definition) is 1. The Bertz CT molecular complexity index is 590. The summed E-state index contributed by atoms with van der Waals surface area (Å²) in [6, 6.07) is 0. The standard InChI is InChI=1S/C40H78O4/c1-3-5-7-9-11-13-14-15-16-17-18-19-25-29-33-37-40(43)44-38(34-30-26-22-12-10-8-6-4-2)35-31-27-23-20-21-24-28-32-36-39(41)42/h38H,3-37H2,1-2H3,(H,41,42). The van der Waals surface area contributed by atoms with Crippen molar-refractivity contribution in [3.8, 4) is 0 Å². The SMILES string of the molecule is CCCCCCCCCCCCCCCCCC(=O)OC(CCCCCCCCCC)CCCCCCCCCCC(=O)O. The van der Waals surface area contributed by atoms with E-state index >= 15 is 0 Å². The molecule has 1 N–H and O–H groups in total. The zero-order valence-corrected chi connectivity index (χ0v) is 30.0. The molecule has 0 saturated carbocycles. The highest BCUT2D eigenvalue weighted by Crippen LogP contribution is 2.19. The van der Waals surface area contributed by atoms with Crippen molar-refractivity contribution in [2.75, 3.05) is 0 Å². The summed E-state index contributed by atoms with van der Waals surface area (Å²) >= 11 is 0. The van der Waals surface area contributed by atoms with Crippen LogP contribution in [0.2, 0.25) is 0 Å². The number of rotatable bonds is 37. The largest absolute Gasteiger partial charge is 0.481 e. The lowest BCUT2D eigenvalue weighted by atomic mass is 10.0. The molecule has 4 nitrogen and oxygen atoms in total. The van der Waals surface area contributed by atoms with Crippen molar-refractivity contribution < 1.29 is 19.4 Å². The van der Waals surface area contributed by atoms with Crippen LogP contribution in [-0.4, -0.2) is 23.1 Å². The second kappa shape index (κ2) is 36.4. The molecule has 0 spiro atoms. The molecule has 0 aromatic heterocycles. The number of carbonyl (C=O) groups is 2. The summed E-state index contributed by atoms with van der Waals surface area (Å²) in [6.45, 7) is 4.56. The summed E-state index contributed by atoms with van der Waals surface area (Å²) in [4.78, 5) is 23.3. The van der Waals surface area contributed by atoms with Crippen molar-refractivity contribution in [3.63, 3.8) is 0 Å². The number of unbranched alkanes of at least 4 members (excludes halogenated alkanes) is 28. The van der Waals surface area contributed by atoms with Gasteiger partial charge >= 0.3 is 11.9 Å². The van der Waals surface area contributed by atoms with Gasteiger partial charge in [-0.3, -0.25) is 9.59 Å². The van der Waals surface area contributed by atoms with Crippen molar-refractivity contribution >= 4 is 11.9 Å². The molecule has 0 aromatic carbocycles. The lowest BCUT2D eigenvalue weighted by molar-refractivity contribution is -0.150. The lowest BCUT2D eigenvalue weighted by Crippen LogP contribution is -2.18. The van der Waals surface area contributed by atoms with Gasteiger partial charge in [0, 0.05) is 12.8 Å². The molecule has 44 heavy (non-hydrogen) atoms. The van der Waals surface area contributed by atoms with E-state index in [1.807, 2.05) is 0 Å². The average molecular weight is 623 g/mol. The topological polar surface area (TPSA) is 63.6 Å². The molecule has 0 amide bonds. The van der Waals surface area contributed by atoms with Crippen LogP contribution in [0.15, 0.2) is 0 Å². The van der Waals surface area contributed by atoms with Gasteiger partial charge in [0.05, 0.1) is 0 Å². The smallest absolute Gasteiger partial charge is 0.306 e. The van der Waals surface area contributed by atoms with Gasteiger partial charge in [0.1, 0.15) is 6.10 Å². The summed E-state index contributed by atoms with van der Waals surface area (Å²) < 4.78 is 6.03. The van der Waals surface area contributed by atoms with Crippen molar-refractivity contribution in [3.05, 3.63) is 0 Å². The third kappa shape index (κ3) is 35.4. The Morgan fingerprint density at radius 1 is 0.409 bits per heavy atom. The third-order valence-electron chi connectivity index (χ3n) is 9.33. The normalized spacial score (nSPS) is 12.0. The van der Waals surface area contributed by atoms with E-state index in [0.29, 0.717) is 12.8 Å². The second-order valence-corrected chi connectivity index (χ2v) is 13.8. The molecule has 0 aliphatic carbocycles. The van der Waals surface area contributed by atoms with Gasteiger partial charge in [-0.15, -0.1) is 0 Å². The minimum absolute atomic E-state index is 0.0330. The van der Waals surface area contributed by atoms with E-state index in [-0.39, 0.29) is 12.1 Å². The molecule has 1 atom stereocenters. The first kappa shape index (κ1) is 42.9. The molecule has 0 aromatic rings. The Kier molecular flexibility index (Phi) is 35.5. The molecule has 1 unspecified atom stereocenters. The Hall–Kier alpha value is -1.06. The first-order valence-electron chi connectivity index (χ1n) is 20.0. The van der Waals surface area contributed by atoms with E-state index < -0.39 is 5.97 Å². The van der Waals surface area contributed by atoms with Crippen LogP contribution >= 0.6 is 0 Å². The van der Waals surface area contributed by atoms with E-state index in [1.165, 1.54) is 161 Å². The number of aliphatic carboxylic acids is 1. The van der Waals surface area contributed by atoms with Crippen LogP contribution in [0.4, 0.5) is 0 Å². The van der Waals surface area contributed by atoms with Crippen LogP contribution < -0.4 is 0 Å². The van der Waals surface area contributed by atoms with E-state index in [9.17, 15) is 9.59 Å². The first-order valence-corrected chi connectivity index (χ1v) is 20.0. The quantitative estimate of drug-likeness (QED) is 0.0553. The van der Waals surface area contributed by atoms with Gasteiger partial charge < -0.3 is 9.84 Å². The number of carboxylic acid groups (broad SMARTS) is 1. The average Bonchev–Trinajstić information content (AvgIpc) is 3.01. The maximum atomic E-state index is 12.7. The van der Waals surface area contributed by atoms with E-state index in [4.69, 9.17) is 9.84 Å². The van der Waals surface area contributed by atoms with Crippen LogP contribution in [0.25, 0.3) is 0 Å². The Morgan fingerprint density at radius 2 is 0.682 bits per heavy atom. The highest BCUT2D eigenvalue weighted by atomic mass is 16.5. The van der Waals surface area contributed by atoms with Crippen molar-refractivity contribution in [1.29, 1.82) is 0 Å². The van der Waals surface area contributed by atoms with E-state index in [2.05, 4.69) is 13.8 Å². The molecular weight excluding hydrogens is 544 g/mol. The monoisotopic (exact) mass is 623 g/mol. The Balaban J connectivity index is 3.96. The van der Waals surface area contributed by atoms with Gasteiger partial charge in [0.25, 0.3) is 0 Å². The molecule has 0 heterocycles. The van der Waals surface area contributed by atoms with Crippen LogP contribution in [-0.2, 0) is 14.3 Å². The zero-order chi connectivity index (χ0) is 32.2. The molecular formula is C40H78O4. The fourth-order valence-corrected chi connectivity index (χ4v) is 6.36. The summed E-state index contributed by atoms with van der Waals surface area (Å²) in [6.07, 6.45) is 42.7. The molecule has 0 fully saturated rings. The summed E-state index contributed by atoms with van der Waals surface area (Å²) in [5, 5.41) is 8.74.